The Balaban J connectivity index is 0.00000363. The number of hydrogen-bond donors (Lipinski definition) is 3. The Morgan fingerprint density at radius 1 is 1.16 bits per heavy atom. The first-order chi connectivity index (χ1) is 15.0. The number of hydrogen-bond acceptors (Lipinski definition) is 4. The number of aliphatic imine (C=N–C) groups is 1. The molecular formula is C25H36IN3O3. The molecule has 0 saturated carbocycles. The Kier molecular flexibility index (Phi) is 11.3. The molecule has 0 spiro atoms. The van der Waals surface area contributed by atoms with E-state index in [1.807, 2.05) is 38.1 Å². The minimum Gasteiger partial charge on any atom is -0.491 e. The van der Waals surface area contributed by atoms with Crippen LogP contribution in [0.15, 0.2) is 47.5 Å². The molecular weight excluding hydrogens is 517 g/mol. The van der Waals surface area contributed by atoms with Crippen LogP contribution in [0.1, 0.15) is 48.1 Å². The first-order valence-electron chi connectivity index (χ1n) is 11.2. The molecule has 0 amide bonds. The number of rotatable bonds is 9. The molecule has 1 heterocycles. The zero-order chi connectivity index (χ0) is 22.1. The summed E-state index contributed by atoms with van der Waals surface area (Å²) >= 11 is 0. The molecule has 3 rings (SSSR count). The first-order valence-corrected chi connectivity index (χ1v) is 11.2. The fourth-order valence-corrected chi connectivity index (χ4v) is 3.49. The SMILES string of the molecule is CCNC(=NCc1ccc(C)cc1OCC1CCCO1)NCC(O)c1ccc(C)cc1.I. The summed E-state index contributed by atoms with van der Waals surface area (Å²) in [7, 11) is 0. The molecule has 0 aliphatic carbocycles. The second-order valence-electron chi connectivity index (χ2n) is 8.06. The summed E-state index contributed by atoms with van der Waals surface area (Å²) in [6.45, 7) is 9.12. The van der Waals surface area contributed by atoms with Crippen LogP contribution in [0.5, 0.6) is 5.75 Å². The molecule has 1 aliphatic heterocycles. The van der Waals surface area contributed by atoms with Crippen molar-refractivity contribution in [3.63, 3.8) is 0 Å². The van der Waals surface area contributed by atoms with Gasteiger partial charge in [-0.2, -0.15) is 0 Å². The third-order valence-electron chi connectivity index (χ3n) is 5.35. The van der Waals surface area contributed by atoms with Crippen LogP contribution in [-0.4, -0.2) is 43.5 Å². The summed E-state index contributed by atoms with van der Waals surface area (Å²) in [5.74, 6) is 1.52. The highest BCUT2D eigenvalue weighted by Crippen LogP contribution is 2.23. The molecule has 1 saturated heterocycles. The van der Waals surface area contributed by atoms with Crippen LogP contribution in [0.3, 0.4) is 0 Å². The number of benzene rings is 2. The van der Waals surface area contributed by atoms with Gasteiger partial charge in [-0.1, -0.05) is 42.0 Å². The second kappa shape index (κ2) is 13.6. The third kappa shape index (κ3) is 8.26. The van der Waals surface area contributed by atoms with E-state index in [9.17, 15) is 5.11 Å². The molecule has 2 atom stereocenters. The van der Waals surface area contributed by atoms with Gasteiger partial charge in [-0.05, 0) is 50.8 Å². The van der Waals surface area contributed by atoms with E-state index in [0.29, 0.717) is 25.7 Å². The minimum absolute atomic E-state index is 0. The lowest BCUT2D eigenvalue weighted by molar-refractivity contribution is 0.0676. The van der Waals surface area contributed by atoms with Gasteiger partial charge in [0.05, 0.1) is 18.8 Å². The molecule has 2 unspecified atom stereocenters. The van der Waals surface area contributed by atoms with Gasteiger partial charge in [0, 0.05) is 25.3 Å². The van der Waals surface area contributed by atoms with Gasteiger partial charge in [0.25, 0.3) is 0 Å². The Morgan fingerprint density at radius 2 is 1.91 bits per heavy atom. The number of aryl methyl sites for hydroxylation is 2. The monoisotopic (exact) mass is 553 g/mol. The van der Waals surface area contributed by atoms with Gasteiger partial charge >= 0.3 is 0 Å². The van der Waals surface area contributed by atoms with Crippen molar-refractivity contribution in [1.29, 1.82) is 0 Å². The van der Waals surface area contributed by atoms with Crippen molar-refractivity contribution >= 4 is 29.9 Å². The van der Waals surface area contributed by atoms with Gasteiger partial charge in [0.2, 0.25) is 0 Å². The van der Waals surface area contributed by atoms with Crippen molar-refractivity contribution in [2.45, 2.75) is 52.4 Å². The number of aliphatic hydroxyl groups is 1. The maximum Gasteiger partial charge on any atom is 0.191 e. The van der Waals surface area contributed by atoms with Gasteiger partial charge in [-0.25, -0.2) is 4.99 Å². The lowest BCUT2D eigenvalue weighted by atomic mass is 10.1. The molecule has 2 aromatic carbocycles. The van der Waals surface area contributed by atoms with E-state index in [-0.39, 0.29) is 30.1 Å². The molecule has 7 heteroatoms. The van der Waals surface area contributed by atoms with E-state index < -0.39 is 6.10 Å². The van der Waals surface area contributed by atoms with Crippen molar-refractivity contribution in [1.82, 2.24) is 10.6 Å². The maximum absolute atomic E-state index is 10.5. The number of ether oxygens (including phenoxy) is 2. The van der Waals surface area contributed by atoms with Crippen molar-refractivity contribution in [3.05, 3.63) is 64.7 Å². The Labute approximate surface area is 208 Å². The van der Waals surface area contributed by atoms with Crippen molar-refractivity contribution in [2.24, 2.45) is 4.99 Å². The zero-order valence-electron chi connectivity index (χ0n) is 19.3. The molecule has 0 bridgehead atoms. The minimum atomic E-state index is -0.603. The maximum atomic E-state index is 10.5. The van der Waals surface area contributed by atoms with Crippen LogP contribution in [0.25, 0.3) is 0 Å². The highest BCUT2D eigenvalue weighted by atomic mass is 127. The lowest BCUT2D eigenvalue weighted by Gasteiger charge is -2.17. The highest BCUT2D eigenvalue weighted by Gasteiger charge is 2.17. The number of nitrogens with zero attached hydrogens (tertiary/aromatic N) is 1. The number of guanidine groups is 1. The van der Waals surface area contributed by atoms with Crippen LogP contribution in [0, 0.1) is 13.8 Å². The Hall–Kier alpha value is -1.84. The predicted octanol–water partition coefficient (Wildman–Crippen LogP) is 4.27. The number of halogens is 1. The van der Waals surface area contributed by atoms with Gasteiger partial charge in [-0.3, -0.25) is 0 Å². The average Bonchev–Trinajstić information content (AvgIpc) is 3.29. The van der Waals surface area contributed by atoms with E-state index in [0.717, 1.165) is 48.4 Å². The molecule has 32 heavy (non-hydrogen) atoms. The smallest absolute Gasteiger partial charge is 0.191 e. The summed E-state index contributed by atoms with van der Waals surface area (Å²) in [6.07, 6.45) is 1.73. The van der Waals surface area contributed by atoms with Gasteiger partial charge < -0.3 is 25.2 Å². The van der Waals surface area contributed by atoms with E-state index in [1.165, 1.54) is 5.56 Å². The molecule has 3 N–H and O–H groups in total. The van der Waals surface area contributed by atoms with Crippen LogP contribution >= 0.6 is 24.0 Å². The highest BCUT2D eigenvalue weighted by molar-refractivity contribution is 14.0. The molecule has 2 aromatic rings. The second-order valence-corrected chi connectivity index (χ2v) is 8.06. The van der Waals surface area contributed by atoms with Crippen LogP contribution in [0.4, 0.5) is 0 Å². The molecule has 6 nitrogen and oxygen atoms in total. The molecule has 1 fully saturated rings. The van der Waals surface area contributed by atoms with Crippen LogP contribution < -0.4 is 15.4 Å². The van der Waals surface area contributed by atoms with E-state index in [2.05, 4.69) is 35.8 Å². The molecule has 176 valence electrons. The zero-order valence-corrected chi connectivity index (χ0v) is 21.6. The van der Waals surface area contributed by atoms with Crippen molar-refractivity contribution in [3.8, 4) is 5.75 Å². The van der Waals surface area contributed by atoms with Crippen molar-refractivity contribution in [2.75, 3.05) is 26.3 Å². The largest absolute Gasteiger partial charge is 0.491 e. The summed E-state index contributed by atoms with van der Waals surface area (Å²) in [5.41, 5.74) is 4.24. The summed E-state index contributed by atoms with van der Waals surface area (Å²) in [4.78, 5) is 4.71. The van der Waals surface area contributed by atoms with Gasteiger partial charge in [0.15, 0.2) is 5.96 Å². The fraction of sp³-hybridized carbons (Fsp3) is 0.480. The average molecular weight is 553 g/mol. The Morgan fingerprint density at radius 3 is 2.59 bits per heavy atom. The predicted molar refractivity (Wildman–Crippen MR) is 140 cm³/mol. The standard InChI is InChI=1S/C25H35N3O3.HI/c1-4-26-25(28-16-23(29)20-10-7-18(2)8-11-20)27-15-21-12-9-19(3)14-24(21)31-17-22-6-5-13-30-22;/h7-12,14,22-23,29H,4-6,13,15-17H2,1-3H3,(H2,26,27,28);1H. The summed E-state index contributed by atoms with van der Waals surface area (Å²) in [5, 5.41) is 17.0. The topological polar surface area (TPSA) is 75.1 Å². The normalized spacial score (nSPS) is 16.9. The third-order valence-corrected chi connectivity index (χ3v) is 5.35. The van der Waals surface area contributed by atoms with Crippen LogP contribution in [-0.2, 0) is 11.3 Å². The first kappa shape index (κ1) is 26.4. The molecule has 0 aromatic heterocycles. The molecule has 0 radical (unpaired) electrons. The van der Waals surface area contributed by atoms with E-state index in [1.54, 1.807) is 0 Å². The fourth-order valence-electron chi connectivity index (χ4n) is 3.49. The number of aliphatic hydroxyl groups excluding tert-OH is 1. The Bertz CT molecular complexity index is 852. The lowest BCUT2D eigenvalue weighted by Crippen LogP contribution is -2.39. The van der Waals surface area contributed by atoms with Gasteiger partial charge in [-0.15, -0.1) is 24.0 Å². The summed E-state index contributed by atoms with van der Waals surface area (Å²) < 4.78 is 11.8. The van der Waals surface area contributed by atoms with Gasteiger partial charge in [0.1, 0.15) is 12.4 Å². The van der Waals surface area contributed by atoms with Crippen LogP contribution in [0.2, 0.25) is 0 Å². The van der Waals surface area contributed by atoms with E-state index in [4.69, 9.17) is 14.5 Å². The quantitative estimate of drug-likeness (QED) is 0.246. The van der Waals surface area contributed by atoms with E-state index >= 15 is 0 Å². The summed E-state index contributed by atoms with van der Waals surface area (Å²) in [6, 6.07) is 14.1. The van der Waals surface area contributed by atoms with Crippen molar-refractivity contribution < 1.29 is 14.6 Å². The molecule has 1 aliphatic rings. The number of nitrogens with one attached hydrogen (secondary N) is 2.